The number of anilines is 2. The summed E-state index contributed by atoms with van der Waals surface area (Å²) in [4.78, 5) is 23.8. The Morgan fingerprint density at radius 1 is 1.29 bits per heavy atom. The smallest absolute Gasteiger partial charge is 0.265 e. The summed E-state index contributed by atoms with van der Waals surface area (Å²) in [6.45, 7) is 1.68. The number of carbonyl (C=O) groups excluding carboxylic acids is 2. The molecule has 24 heavy (non-hydrogen) atoms. The van der Waals surface area contributed by atoms with E-state index in [2.05, 4.69) is 10.6 Å². The number of ether oxygens (including phenoxy) is 1. The van der Waals surface area contributed by atoms with Crippen LogP contribution in [-0.4, -0.2) is 17.9 Å². The zero-order valence-corrected chi connectivity index (χ0v) is 13.9. The fraction of sp³-hybridized carbons (Fsp3) is 0.222. The average Bonchev–Trinajstić information content (AvgIpc) is 2.55. The van der Waals surface area contributed by atoms with Gasteiger partial charge in [0, 0.05) is 17.1 Å². The van der Waals surface area contributed by atoms with E-state index in [0.29, 0.717) is 35.0 Å². The van der Waals surface area contributed by atoms with Crippen molar-refractivity contribution in [3.8, 4) is 5.75 Å². The summed E-state index contributed by atoms with van der Waals surface area (Å²) in [6.07, 6.45) is 0.364. The number of carbonyl (C=O) groups is 2. The number of nitrogens with one attached hydrogen (secondary N) is 2. The fourth-order valence-electron chi connectivity index (χ4n) is 2.46. The molecule has 1 atom stereocenters. The van der Waals surface area contributed by atoms with Crippen LogP contribution >= 0.6 is 11.6 Å². The van der Waals surface area contributed by atoms with E-state index in [1.807, 2.05) is 24.3 Å². The lowest BCUT2D eigenvalue weighted by atomic mass is 10.1. The van der Waals surface area contributed by atoms with Gasteiger partial charge in [-0.25, -0.2) is 0 Å². The molecule has 1 aliphatic rings. The molecule has 0 bridgehead atoms. The zero-order chi connectivity index (χ0) is 17.1. The highest BCUT2D eigenvalue weighted by molar-refractivity contribution is 6.31. The quantitative estimate of drug-likeness (QED) is 0.890. The molecule has 2 aromatic rings. The number of hydrogen-bond donors (Lipinski definition) is 2. The number of benzene rings is 2. The van der Waals surface area contributed by atoms with Gasteiger partial charge in [-0.05, 0) is 43.2 Å². The van der Waals surface area contributed by atoms with Gasteiger partial charge >= 0.3 is 0 Å². The van der Waals surface area contributed by atoms with Crippen molar-refractivity contribution in [1.29, 1.82) is 0 Å². The Morgan fingerprint density at radius 2 is 2.08 bits per heavy atom. The van der Waals surface area contributed by atoms with Crippen molar-refractivity contribution in [3.05, 3.63) is 53.1 Å². The maximum atomic E-state index is 12.1. The number of fused-ring (bicyclic) bond motifs is 1. The van der Waals surface area contributed by atoms with E-state index >= 15 is 0 Å². The van der Waals surface area contributed by atoms with Crippen molar-refractivity contribution in [3.63, 3.8) is 0 Å². The molecule has 0 unspecified atom stereocenters. The SMILES string of the molecule is C[C@@H]1Oc2ccc(NC(=O)CCc3ccccc3Cl)cc2NC1=O. The highest BCUT2D eigenvalue weighted by atomic mass is 35.5. The van der Waals surface area contributed by atoms with Gasteiger partial charge in [0.05, 0.1) is 5.69 Å². The molecule has 0 aromatic heterocycles. The van der Waals surface area contributed by atoms with Gasteiger partial charge in [-0.15, -0.1) is 0 Å². The number of rotatable bonds is 4. The summed E-state index contributed by atoms with van der Waals surface area (Å²) in [5.41, 5.74) is 2.10. The van der Waals surface area contributed by atoms with Gasteiger partial charge < -0.3 is 15.4 Å². The van der Waals surface area contributed by atoms with Gasteiger partial charge in [0.15, 0.2) is 6.10 Å². The summed E-state index contributed by atoms with van der Waals surface area (Å²) in [5.74, 6) is 0.271. The van der Waals surface area contributed by atoms with Crippen LogP contribution in [0.1, 0.15) is 18.9 Å². The van der Waals surface area contributed by atoms with E-state index in [-0.39, 0.29) is 11.8 Å². The van der Waals surface area contributed by atoms with Crippen molar-refractivity contribution >= 4 is 34.8 Å². The Balaban J connectivity index is 1.62. The van der Waals surface area contributed by atoms with E-state index in [9.17, 15) is 9.59 Å². The molecule has 2 aromatic carbocycles. The van der Waals surface area contributed by atoms with Crippen LogP contribution in [0, 0.1) is 0 Å². The van der Waals surface area contributed by atoms with Gasteiger partial charge in [-0.2, -0.15) is 0 Å². The van der Waals surface area contributed by atoms with Crippen molar-refractivity contribution < 1.29 is 14.3 Å². The Labute approximate surface area is 145 Å². The van der Waals surface area contributed by atoms with E-state index in [1.54, 1.807) is 25.1 Å². The molecule has 2 amide bonds. The Morgan fingerprint density at radius 3 is 2.88 bits per heavy atom. The molecule has 0 spiro atoms. The molecule has 2 N–H and O–H groups in total. The minimum atomic E-state index is -0.520. The third kappa shape index (κ3) is 3.68. The Hall–Kier alpha value is -2.53. The molecule has 0 radical (unpaired) electrons. The zero-order valence-electron chi connectivity index (χ0n) is 13.1. The molecular weight excluding hydrogens is 328 g/mol. The maximum Gasteiger partial charge on any atom is 0.265 e. The minimum Gasteiger partial charge on any atom is -0.479 e. The second kappa shape index (κ2) is 6.93. The lowest BCUT2D eigenvalue weighted by Crippen LogP contribution is -2.34. The van der Waals surface area contributed by atoms with Gasteiger partial charge in [0.1, 0.15) is 5.75 Å². The number of amides is 2. The fourth-order valence-corrected chi connectivity index (χ4v) is 2.69. The Kier molecular flexibility index (Phi) is 4.71. The molecule has 3 rings (SSSR count). The van der Waals surface area contributed by atoms with Crippen molar-refractivity contribution in [2.75, 3.05) is 10.6 Å². The Bertz CT molecular complexity index is 792. The number of halogens is 1. The molecule has 6 heteroatoms. The topological polar surface area (TPSA) is 67.4 Å². The highest BCUT2D eigenvalue weighted by Crippen LogP contribution is 2.32. The molecule has 0 saturated carbocycles. The molecular formula is C18H17ClN2O3. The molecule has 1 heterocycles. The summed E-state index contributed by atoms with van der Waals surface area (Å²) >= 11 is 6.09. The third-order valence-corrected chi connectivity index (χ3v) is 4.14. The van der Waals surface area contributed by atoms with Gasteiger partial charge in [-0.1, -0.05) is 29.8 Å². The van der Waals surface area contributed by atoms with Crippen LogP contribution in [0.15, 0.2) is 42.5 Å². The second-order valence-electron chi connectivity index (χ2n) is 5.60. The normalized spacial score (nSPS) is 15.9. The van der Waals surface area contributed by atoms with Crippen molar-refractivity contribution in [2.45, 2.75) is 25.9 Å². The highest BCUT2D eigenvalue weighted by Gasteiger charge is 2.23. The van der Waals surface area contributed by atoms with E-state index in [4.69, 9.17) is 16.3 Å². The first-order valence-electron chi connectivity index (χ1n) is 7.68. The molecule has 0 fully saturated rings. The van der Waals surface area contributed by atoms with E-state index < -0.39 is 6.10 Å². The van der Waals surface area contributed by atoms with Crippen LogP contribution in [0.4, 0.5) is 11.4 Å². The van der Waals surface area contributed by atoms with Crippen LogP contribution in [-0.2, 0) is 16.0 Å². The molecule has 124 valence electrons. The average molecular weight is 345 g/mol. The van der Waals surface area contributed by atoms with E-state index in [0.717, 1.165) is 5.56 Å². The largest absolute Gasteiger partial charge is 0.479 e. The van der Waals surface area contributed by atoms with Crippen LogP contribution in [0.5, 0.6) is 5.75 Å². The van der Waals surface area contributed by atoms with Crippen molar-refractivity contribution in [1.82, 2.24) is 0 Å². The monoisotopic (exact) mass is 344 g/mol. The minimum absolute atomic E-state index is 0.119. The summed E-state index contributed by atoms with van der Waals surface area (Å²) < 4.78 is 5.48. The number of aryl methyl sites for hydroxylation is 1. The standard InChI is InChI=1S/C18H17ClN2O3/c1-11-18(23)21-15-10-13(7-8-16(15)24-11)20-17(22)9-6-12-4-2-3-5-14(12)19/h2-5,7-8,10-11H,6,9H2,1H3,(H,20,22)(H,21,23)/t11-/m0/s1. The van der Waals surface area contributed by atoms with Crippen molar-refractivity contribution in [2.24, 2.45) is 0 Å². The first-order chi connectivity index (χ1) is 11.5. The van der Waals surface area contributed by atoms with Gasteiger partial charge in [0.25, 0.3) is 5.91 Å². The molecule has 5 nitrogen and oxygen atoms in total. The first-order valence-corrected chi connectivity index (χ1v) is 8.05. The molecule has 0 saturated heterocycles. The van der Waals surface area contributed by atoms with Gasteiger partial charge in [0.2, 0.25) is 5.91 Å². The predicted molar refractivity (Wildman–Crippen MR) is 93.6 cm³/mol. The summed E-state index contributed by atoms with van der Waals surface area (Å²) in [7, 11) is 0. The molecule has 0 aliphatic carbocycles. The second-order valence-corrected chi connectivity index (χ2v) is 6.01. The van der Waals surface area contributed by atoms with Gasteiger partial charge in [-0.3, -0.25) is 9.59 Å². The lowest BCUT2D eigenvalue weighted by Gasteiger charge is -2.23. The van der Waals surface area contributed by atoms with E-state index in [1.165, 1.54) is 0 Å². The number of hydrogen-bond acceptors (Lipinski definition) is 3. The third-order valence-electron chi connectivity index (χ3n) is 3.77. The lowest BCUT2D eigenvalue weighted by molar-refractivity contribution is -0.122. The van der Waals surface area contributed by atoms with Crippen LogP contribution in [0.2, 0.25) is 5.02 Å². The van der Waals surface area contributed by atoms with Crippen LogP contribution in [0.3, 0.4) is 0 Å². The van der Waals surface area contributed by atoms with Crippen LogP contribution in [0.25, 0.3) is 0 Å². The first kappa shape index (κ1) is 16.3. The summed E-state index contributed by atoms with van der Waals surface area (Å²) in [6, 6.07) is 12.6. The van der Waals surface area contributed by atoms with Crippen LogP contribution < -0.4 is 15.4 Å². The predicted octanol–water partition coefficient (Wildman–Crippen LogP) is 3.63. The summed E-state index contributed by atoms with van der Waals surface area (Å²) in [5, 5.41) is 6.24. The molecule has 1 aliphatic heterocycles. The maximum absolute atomic E-state index is 12.1.